The predicted octanol–water partition coefficient (Wildman–Crippen LogP) is 3.34. The van der Waals surface area contributed by atoms with Crippen molar-refractivity contribution in [1.29, 1.82) is 0 Å². The van der Waals surface area contributed by atoms with Gasteiger partial charge >= 0.3 is 0 Å². The lowest BCUT2D eigenvalue weighted by molar-refractivity contribution is 0.821. The fraction of sp³-hybridized carbons (Fsp3) is 0.188. The summed E-state index contributed by atoms with van der Waals surface area (Å²) in [7, 11) is 0. The van der Waals surface area contributed by atoms with E-state index >= 15 is 0 Å². The topological polar surface area (TPSA) is 41.9 Å². The van der Waals surface area contributed by atoms with E-state index < -0.39 is 0 Å². The third-order valence-electron chi connectivity index (χ3n) is 2.73. The van der Waals surface area contributed by atoms with Gasteiger partial charge in [-0.25, -0.2) is 9.97 Å². The lowest BCUT2D eigenvalue weighted by atomic mass is 10.2. The summed E-state index contributed by atoms with van der Waals surface area (Å²) in [6, 6.07) is 10.3. The molecule has 1 aromatic heterocycles. The van der Waals surface area contributed by atoms with Gasteiger partial charge in [0.25, 0.3) is 0 Å². The number of anilines is 1. The van der Waals surface area contributed by atoms with Crippen LogP contribution in [0, 0.1) is 0 Å². The first-order chi connectivity index (χ1) is 10.3. The summed E-state index contributed by atoms with van der Waals surface area (Å²) in [5.41, 5.74) is 1.25. The van der Waals surface area contributed by atoms with Crippen molar-refractivity contribution in [3.05, 3.63) is 67.5 Å². The van der Waals surface area contributed by atoms with Crippen LogP contribution in [0.1, 0.15) is 5.56 Å². The van der Waals surface area contributed by atoms with Gasteiger partial charge in [0.15, 0.2) is 5.16 Å². The zero-order chi connectivity index (χ0) is 14.9. The van der Waals surface area contributed by atoms with Crippen LogP contribution in [0.5, 0.6) is 0 Å². The van der Waals surface area contributed by atoms with Crippen molar-refractivity contribution in [2.45, 2.75) is 10.9 Å². The lowest BCUT2D eigenvalue weighted by Crippen LogP contribution is -2.25. The first-order valence-corrected chi connectivity index (χ1v) is 7.64. The molecule has 0 unspecified atom stereocenters. The van der Waals surface area contributed by atoms with Crippen LogP contribution in [0.4, 0.5) is 5.95 Å². The molecule has 0 fully saturated rings. The number of thioether (sulfide) groups is 1. The van der Waals surface area contributed by atoms with Crippen molar-refractivity contribution in [3.63, 3.8) is 0 Å². The predicted molar refractivity (Wildman–Crippen MR) is 88.4 cm³/mol. The third kappa shape index (κ3) is 4.72. The second-order valence-electron chi connectivity index (χ2n) is 4.32. The molecule has 0 spiro atoms. The number of benzene rings is 1. The Kier molecular flexibility index (Phi) is 5.97. The molecule has 1 aromatic carbocycles. The molecule has 0 amide bonds. The molecule has 1 heterocycles. The van der Waals surface area contributed by atoms with Crippen molar-refractivity contribution in [2.75, 3.05) is 18.0 Å². The summed E-state index contributed by atoms with van der Waals surface area (Å²) in [5.74, 6) is 1.49. The molecule has 0 saturated carbocycles. The molecule has 5 heteroatoms. The average molecular weight is 298 g/mol. The Morgan fingerprint density at radius 1 is 1.05 bits per heavy atom. The SMILES string of the molecule is C=CCN(CC=C)c1ncnc(SCc2ccccc2)n1. The molecule has 108 valence electrons. The summed E-state index contributed by atoms with van der Waals surface area (Å²) >= 11 is 1.60. The minimum absolute atomic E-state index is 0.653. The molecule has 2 aromatic rings. The van der Waals surface area contributed by atoms with Crippen molar-refractivity contribution in [3.8, 4) is 0 Å². The molecule has 0 bridgehead atoms. The first kappa shape index (κ1) is 15.3. The maximum Gasteiger partial charge on any atom is 0.229 e. The minimum Gasteiger partial charge on any atom is -0.333 e. The average Bonchev–Trinajstić information content (AvgIpc) is 2.54. The normalized spacial score (nSPS) is 10.1. The molecule has 21 heavy (non-hydrogen) atoms. The Bertz CT molecular complexity index is 576. The molecular formula is C16H18N4S. The Labute approximate surface area is 129 Å². The van der Waals surface area contributed by atoms with Gasteiger partial charge in [-0.05, 0) is 5.56 Å². The van der Waals surface area contributed by atoms with Gasteiger partial charge in [0.2, 0.25) is 5.95 Å². The van der Waals surface area contributed by atoms with Crippen LogP contribution >= 0.6 is 11.8 Å². The van der Waals surface area contributed by atoms with E-state index in [1.807, 2.05) is 35.3 Å². The minimum atomic E-state index is 0.653. The number of aromatic nitrogens is 3. The Morgan fingerprint density at radius 2 is 1.76 bits per heavy atom. The fourth-order valence-corrected chi connectivity index (χ4v) is 2.52. The maximum absolute atomic E-state index is 4.50. The van der Waals surface area contributed by atoms with Crippen LogP contribution in [-0.4, -0.2) is 28.0 Å². The van der Waals surface area contributed by atoms with E-state index in [1.54, 1.807) is 18.1 Å². The molecule has 4 nitrogen and oxygen atoms in total. The van der Waals surface area contributed by atoms with Crippen LogP contribution < -0.4 is 4.90 Å². The molecule has 2 rings (SSSR count). The van der Waals surface area contributed by atoms with E-state index in [0.717, 1.165) is 10.9 Å². The largest absolute Gasteiger partial charge is 0.333 e. The van der Waals surface area contributed by atoms with Crippen LogP contribution in [0.2, 0.25) is 0 Å². The van der Waals surface area contributed by atoms with Gasteiger partial charge in [0.1, 0.15) is 6.33 Å². The molecule has 0 aliphatic rings. The van der Waals surface area contributed by atoms with Crippen molar-refractivity contribution in [2.24, 2.45) is 0 Å². The second kappa shape index (κ2) is 8.21. The summed E-state index contributed by atoms with van der Waals surface area (Å²) in [6.07, 6.45) is 5.20. The highest BCUT2D eigenvalue weighted by molar-refractivity contribution is 7.98. The first-order valence-electron chi connectivity index (χ1n) is 6.66. The fourth-order valence-electron chi connectivity index (χ4n) is 1.77. The van der Waals surface area contributed by atoms with E-state index in [-0.39, 0.29) is 0 Å². The molecule has 0 atom stereocenters. The van der Waals surface area contributed by atoms with E-state index in [0.29, 0.717) is 19.0 Å². The van der Waals surface area contributed by atoms with Crippen LogP contribution in [0.25, 0.3) is 0 Å². The highest BCUT2D eigenvalue weighted by atomic mass is 32.2. The molecule has 0 aliphatic heterocycles. The van der Waals surface area contributed by atoms with Gasteiger partial charge in [-0.2, -0.15) is 4.98 Å². The zero-order valence-corrected chi connectivity index (χ0v) is 12.7. The molecular weight excluding hydrogens is 280 g/mol. The van der Waals surface area contributed by atoms with Crippen molar-refractivity contribution in [1.82, 2.24) is 15.0 Å². The number of rotatable bonds is 8. The van der Waals surface area contributed by atoms with Gasteiger partial charge in [0.05, 0.1) is 0 Å². The maximum atomic E-state index is 4.50. The Balaban J connectivity index is 2.05. The number of nitrogens with zero attached hydrogens (tertiary/aromatic N) is 4. The van der Waals surface area contributed by atoms with E-state index in [1.165, 1.54) is 5.56 Å². The molecule has 0 saturated heterocycles. The highest BCUT2D eigenvalue weighted by Gasteiger charge is 2.08. The lowest BCUT2D eigenvalue weighted by Gasteiger charge is -2.18. The summed E-state index contributed by atoms with van der Waals surface area (Å²) in [4.78, 5) is 14.9. The van der Waals surface area contributed by atoms with E-state index in [2.05, 4.69) is 40.2 Å². The van der Waals surface area contributed by atoms with Crippen molar-refractivity contribution >= 4 is 17.7 Å². The molecule has 0 aliphatic carbocycles. The second-order valence-corrected chi connectivity index (χ2v) is 5.27. The standard InChI is InChI=1S/C16H18N4S/c1-3-10-20(11-4-2)15-17-13-18-16(19-15)21-12-14-8-6-5-7-9-14/h3-9,13H,1-2,10-12H2. The van der Waals surface area contributed by atoms with Gasteiger partial charge in [-0.1, -0.05) is 54.2 Å². The summed E-state index contributed by atoms with van der Waals surface area (Å²) in [6.45, 7) is 8.87. The van der Waals surface area contributed by atoms with Crippen LogP contribution in [-0.2, 0) is 5.75 Å². The van der Waals surface area contributed by atoms with Gasteiger partial charge in [0, 0.05) is 18.8 Å². The van der Waals surface area contributed by atoms with Crippen LogP contribution in [0.15, 0.2) is 67.1 Å². The van der Waals surface area contributed by atoms with Gasteiger partial charge < -0.3 is 4.90 Å². The highest BCUT2D eigenvalue weighted by Crippen LogP contribution is 2.20. The molecule has 0 radical (unpaired) electrons. The van der Waals surface area contributed by atoms with Gasteiger partial charge in [-0.3, -0.25) is 0 Å². The molecule has 0 N–H and O–H groups in total. The van der Waals surface area contributed by atoms with E-state index in [4.69, 9.17) is 0 Å². The number of hydrogen-bond donors (Lipinski definition) is 0. The number of hydrogen-bond acceptors (Lipinski definition) is 5. The van der Waals surface area contributed by atoms with Crippen LogP contribution in [0.3, 0.4) is 0 Å². The third-order valence-corrected chi connectivity index (χ3v) is 3.66. The quantitative estimate of drug-likeness (QED) is 0.552. The Morgan fingerprint density at radius 3 is 2.43 bits per heavy atom. The van der Waals surface area contributed by atoms with Gasteiger partial charge in [-0.15, -0.1) is 13.2 Å². The monoisotopic (exact) mass is 298 g/mol. The van der Waals surface area contributed by atoms with E-state index in [9.17, 15) is 0 Å². The Hall–Kier alpha value is -2.14. The van der Waals surface area contributed by atoms with Crippen molar-refractivity contribution < 1.29 is 0 Å². The smallest absolute Gasteiger partial charge is 0.229 e. The summed E-state index contributed by atoms with van der Waals surface area (Å²) in [5, 5.41) is 0.724. The zero-order valence-electron chi connectivity index (χ0n) is 11.9. The summed E-state index contributed by atoms with van der Waals surface area (Å²) < 4.78 is 0.